The number of carbonyl (C=O) groups excluding carboxylic acids is 1. The van der Waals surface area contributed by atoms with Gasteiger partial charge in [-0.15, -0.1) is 0 Å². The molecule has 0 aliphatic carbocycles. The first-order valence-corrected chi connectivity index (χ1v) is 6.19. The molecule has 17 heavy (non-hydrogen) atoms. The van der Waals surface area contributed by atoms with E-state index in [2.05, 4.69) is 12.2 Å². The number of aliphatic hydroxyl groups excluding tert-OH is 1. The Morgan fingerprint density at radius 2 is 2.29 bits per heavy atom. The fourth-order valence-corrected chi connectivity index (χ4v) is 1.96. The maximum Gasteiger partial charge on any atom is 0.267 e. The van der Waals surface area contributed by atoms with Gasteiger partial charge in [0, 0.05) is 26.4 Å². The summed E-state index contributed by atoms with van der Waals surface area (Å²) in [5.41, 5.74) is 0.671. The number of rotatable bonds is 7. The van der Waals surface area contributed by atoms with E-state index in [0.717, 1.165) is 19.3 Å². The second kappa shape index (κ2) is 7.12. The lowest BCUT2D eigenvalue weighted by atomic mass is 10.0. The highest BCUT2D eigenvalue weighted by Gasteiger charge is 2.12. The zero-order chi connectivity index (χ0) is 12.7. The lowest BCUT2D eigenvalue weighted by molar-refractivity contribution is 0.0935. The quantitative estimate of drug-likeness (QED) is 0.757. The van der Waals surface area contributed by atoms with Crippen molar-refractivity contribution in [3.8, 4) is 0 Å². The Morgan fingerprint density at radius 1 is 1.53 bits per heavy atom. The van der Waals surface area contributed by atoms with E-state index in [4.69, 9.17) is 5.11 Å². The number of aryl methyl sites for hydroxylation is 1. The van der Waals surface area contributed by atoms with Gasteiger partial charge in [0.25, 0.3) is 5.91 Å². The molecule has 4 heteroatoms. The third-order valence-electron chi connectivity index (χ3n) is 2.96. The summed E-state index contributed by atoms with van der Waals surface area (Å²) in [6.07, 6.45) is 4.71. The number of hydrogen-bond acceptors (Lipinski definition) is 2. The number of carbonyl (C=O) groups is 1. The van der Waals surface area contributed by atoms with Gasteiger partial charge in [0.05, 0.1) is 0 Å². The lowest BCUT2D eigenvalue weighted by Gasteiger charge is -2.15. The molecule has 4 nitrogen and oxygen atoms in total. The molecule has 0 aromatic carbocycles. The van der Waals surface area contributed by atoms with Gasteiger partial charge in [-0.1, -0.05) is 13.3 Å². The highest BCUT2D eigenvalue weighted by Crippen LogP contribution is 2.09. The third kappa shape index (κ3) is 4.23. The van der Waals surface area contributed by atoms with Crippen LogP contribution >= 0.6 is 0 Å². The van der Waals surface area contributed by atoms with Gasteiger partial charge < -0.3 is 15.0 Å². The molecular formula is C13H22N2O2. The summed E-state index contributed by atoms with van der Waals surface area (Å²) in [5.74, 6) is 0.325. The second-order valence-electron chi connectivity index (χ2n) is 4.38. The highest BCUT2D eigenvalue weighted by atomic mass is 16.3. The first kappa shape index (κ1) is 13.8. The van der Waals surface area contributed by atoms with Crippen LogP contribution in [-0.2, 0) is 7.05 Å². The fraction of sp³-hybridized carbons (Fsp3) is 0.615. The summed E-state index contributed by atoms with van der Waals surface area (Å²) in [6.45, 7) is 2.94. The molecule has 0 saturated heterocycles. The van der Waals surface area contributed by atoms with E-state index in [0.29, 0.717) is 18.2 Å². The standard InChI is InChI=1S/C13H22N2O2/c1-3-5-11(7-9-16)10-14-13(17)12-6-4-8-15(12)2/h4,6,8,11,16H,3,5,7,9-10H2,1-2H3,(H,14,17). The fourth-order valence-electron chi connectivity index (χ4n) is 1.96. The van der Waals surface area contributed by atoms with Crippen molar-refractivity contribution in [2.45, 2.75) is 26.2 Å². The molecule has 2 N–H and O–H groups in total. The van der Waals surface area contributed by atoms with Crippen LogP contribution in [0.25, 0.3) is 0 Å². The smallest absolute Gasteiger partial charge is 0.267 e. The van der Waals surface area contributed by atoms with E-state index in [1.165, 1.54) is 0 Å². The summed E-state index contributed by atoms with van der Waals surface area (Å²) < 4.78 is 1.80. The van der Waals surface area contributed by atoms with E-state index < -0.39 is 0 Å². The van der Waals surface area contributed by atoms with Crippen molar-refractivity contribution in [2.75, 3.05) is 13.2 Å². The van der Waals surface area contributed by atoms with Crippen LogP contribution in [0.2, 0.25) is 0 Å². The van der Waals surface area contributed by atoms with E-state index >= 15 is 0 Å². The molecule has 0 bridgehead atoms. The highest BCUT2D eigenvalue weighted by molar-refractivity contribution is 5.92. The van der Waals surface area contributed by atoms with Crippen molar-refractivity contribution in [3.63, 3.8) is 0 Å². The van der Waals surface area contributed by atoms with Crippen LogP contribution in [0.5, 0.6) is 0 Å². The minimum Gasteiger partial charge on any atom is -0.396 e. The van der Waals surface area contributed by atoms with Crippen molar-refractivity contribution in [2.24, 2.45) is 13.0 Å². The maximum atomic E-state index is 11.8. The lowest BCUT2D eigenvalue weighted by Crippen LogP contribution is -2.30. The molecule has 0 saturated carbocycles. The van der Waals surface area contributed by atoms with E-state index in [9.17, 15) is 4.79 Å². The maximum absolute atomic E-state index is 11.8. The normalized spacial score (nSPS) is 12.4. The molecule has 0 radical (unpaired) electrons. The molecule has 0 fully saturated rings. The molecule has 1 aromatic heterocycles. The Labute approximate surface area is 103 Å². The molecule has 96 valence electrons. The van der Waals surface area contributed by atoms with Gasteiger partial charge in [0.15, 0.2) is 0 Å². The van der Waals surface area contributed by atoms with Crippen LogP contribution in [0.15, 0.2) is 18.3 Å². The van der Waals surface area contributed by atoms with Gasteiger partial charge in [-0.05, 0) is 30.9 Å². The Hall–Kier alpha value is -1.29. The van der Waals surface area contributed by atoms with Crippen LogP contribution in [0, 0.1) is 5.92 Å². The van der Waals surface area contributed by atoms with Gasteiger partial charge in [0.2, 0.25) is 0 Å². The van der Waals surface area contributed by atoms with E-state index in [-0.39, 0.29) is 12.5 Å². The zero-order valence-corrected chi connectivity index (χ0v) is 10.6. The first-order chi connectivity index (χ1) is 8.19. The number of aromatic nitrogens is 1. The van der Waals surface area contributed by atoms with E-state index in [1.54, 1.807) is 10.6 Å². The molecular weight excluding hydrogens is 216 g/mol. The molecule has 1 rings (SSSR count). The minimum atomic E-state index is -0.0449. The van der Waals surface area contributed by atoms with Gasteiger partial charge in [-0.2, -0.15) is 0 Å². The molecule has 0 aliphatic rings. The second-order valence-corrected chi connectivity index (χ2v) is 4.38. The molecule has 1 atom stereocenters. The summed E-state index contributed by atoms with van der Waals surface area (Å²) >= 11 is 0. The molecule has 1 amide bonds. The van der Waals surface area contributed by atoms with Crippen LogP contribution in [0.4, 0.5) is 0 Å². The molecule has 1 aromatic rings. The molecule has 0 spiro atoms. The monoisotopic (exact) mass is 238 g/mol. The van der Waals surface area contributed by atoms with Gasteiger partial charge in [-0.25, -0.2) is 0 Å². The Morgan fingerprint density at radius 3 is 2.82 bits per heavy atom. The predicted octanol–water partition coefficient (Wildman–Crippen LogP) is 1.55. The van der Waals surface area contributed by atoms with Crippen molar-refractivity contribution < 1.29 is 9.90 Å². The Kier molecular flexibility index (Phi) is 5.77. The van der Waals surface area contributed by atoms with Crippen molar-refractivity contribution >= 4 is 5.91 Å². The van der Waals surface area contributed by atoms with Crippen LogP contribution in [0.3, 0.4) is 0 Å². The average molecular weight is 238 g/mol. The minimum absolute atomic E-state index is 0.0449. The molecule has 1 unspecified atom stereocenters. The molecule has 0 aliphatic heterocycles. The first-order valence-electron chi connectivity index (χ1n) is 6.19. The Bertz CT molecular complexity index is 341. The van der Waals surface area contributed by atoms with Gasteiger partial charge in [0.1, 0.15) is 5.69 Å². The number of amides is 1. The third-order valence-corrected chi connectivity index (χ3v) is 2.96. The predicted molar refractivity (Wildman–Crippen MR) is 67.8 cm³/mol. The van der Waals surface area contributed by atoms with E-state index in [1.807, 2.05) is 19.3 Å². The van der Waals surface area contributed by atoms with Crippen molar-refractivity contribution in [3.05, 3.63) is 24.0 Å². The van der Waals surface area contributed by atoms with Crippen molar-refractivity contribution in [1.29, 1.82) is 0 Å². The average Bonchev–Trinajstić information content (AvgIpc) is 2.72. The SMILES string of the molecule is CCCC(CCO)CNC(=O)c1cccn1C. The number of hydrogen-bond donors (Lipinski definition) is 2. The largest absolute Gasteiger partial charge is 0.396 e. The van der Waals surface area contributed by atoms with Crippen LogP contribution in [0.1, 0.15) is 36.7 Å². The number of aliphatic hydroxyl groups is 1. The summed E-state index contributed by atoms with van der Waals surface area (Å²) in [7, 11) is 1.85. The molecule has 1 heterocycles. The van der Waals surface area contributed by atoms with Crippen LogP contribution < -0.4 is 5.32 Å². The van der Waals surface area contributed by atoms with Crippen LogP contribution in [-0.4, -0.2) is 28.7 Å². The summed E-state index contributed by atoms with van der Waals surface area (Å²) in [5, 5.41) is 11.9. The summed E-state index contributed by atoms with van der Waals surface area (Å²) in [6, 6.07) is 3.66. The van der Waals surface area contributed by atoms with Gasteiger partial charge in [-0.3, -0.25) is 4.79 Å². The number of nitrogens with one attached hydrogen (secondary N) is 1. The zero-order valence-electron chi connectivity index (χ0n) is 10.6. The topological polar surface area (TPSA) is 54.3 Å². The van der Waals surface area contributed by atoms with Crippen molar-refractivity contribution in [1.82, 2.24) is 9.88 Å². The summed E-state index contributed by atoms with van der Waals surface area (Å²) in [4.78, 5) is 11.8. The Balaban J connectivity index is 2.43. The number of nitrogens with zero attached hydrogens (tertiary/aromatic N) is 1. The van der Waals surface area contributed by atoms with Gasteiger partial charge >= 0.3 is 0 Å².